The molecule has 2 aromatic rings. The van der Waals surface area contributed by atoms with Crippen LogP contribution in [0, 0.1) is 0 Å². The van der Waals surface area contributed by atoms with Crippen molar-refractivity contribution in [1.29, 1.82) is 0 Å². The lowest BCUT2D eigenvalue weighted by Crippen LogP contribution is -2.49. The van der Waals surface area contributed by atoms with E-state index >= 15 is 0 Å². The number of nitrogens with zero attached hydrogens (tertiary/aromatic N) is 1. The molecule has 1 aliphatic heterocycles. The fraction of sp³-hybridized carbons (Fsp3) is 0.400. The van der Waals surface area contributed by atoms with Gasteiger partial charge in [-0.15, -0.1) is 11.3 Å². The second-order valence-corrected chi connectivity index (χ2v) is 8.12. The topological polar surface area (TPSA) is 41.6 Å². The fourth-order valence-corrected chi connectivity index (χ4v) is 5.05. The molecule has 1 aliphatic rings. The molecule has 6 heteroatoms. The Labute approximate surface area is 164 Å². The fourth-order valence-electron chi connectivity index (χ4n) is 3.47. The molecule has 1 aromatic heterocycles. The maximum atomic E-state index is 12.3. The number of piperidine rings is 1. The van der Waals surface area contributed by atoms with Gasteiger partial charge >= 0.3 is 5.97 Å². The number of nitrogens with one attached hydrogen (secondary N) is 1. The van der Waals surface area contributed by atoms with E-state index in [1.54, 1.807) is 0 Å². The van der Waals surface area contributed by atoms with Gasteiger partial charge in [-0.2, -0.15) is 0 Å². The van der Waals surface area contributed by atoms with Gasteiger partial charge in [0.05, 0.1) is 12.7 Å². The SMILES string of the molecule is COC(=O)c1cc(-c2ccccc2)sc1NC(=S)N1[C@@H](C)CCC[C@@H]1C. The minimum Gasteiger partial charge on any atom is -0.465 e. The van der Waals surface area contributed by atoms with Crippen LogP contribution < -0.4 is 5.32 Å². The van der Waals surface area contributed by atoms with Crippen molar-refractivity contribution >= 4 is 39.6 Å². The van der Waals surface area contributed by atoms with Crippen LogP contribution in [-0.2, 0) is 4.74 Å². The average Bonchev–Trinajstić information content (AvgIpc) is 3.05. The monoisotopic (exact) mass is 388 g/mol. The number of likely N-dealkylation sites (tertiary alicyclic amines) is 1. The van der Waals surface area contributed by atoms with E-state index in [4.69, 9.17) is 17.0 Å². The van der Waals surface area contributed by atoms with Crippen molar-refractivity contribution in [2.24, 2.45) is 0 Å². The molecule has 0 amide bonds. The van der Waals surface area contributed by atoms with E-state index < -0.39 is 0 Å². The van der Waals surface area contributed by atoms with Crippen molar-refractivity contribution in [2.45, 2.75) is 45.2 Å². The highest BCUT2D eigenvalue weighted by atomic mass is 32.1. The van der Waals surface area contributed by atoms with Crippen LogP contribution in [0.5, 0.6) is 0 Å². The lowest BCUT2D eigenvalue weighted by molar-refractivity contribution is 0.0602. The summed E-state index contributed by atoms with van der Waals surface area (Å²) in [5, 5.41) is 4.74. The lowest BCUT2D eigenvalue weighted by Gasteiger charge is -2.40. The number of rotatable bonds is 3. The number of hydrogen-bond donors (Lipinski definition) is 1. The normalized spacial score (nSPS) is 19.9. The van der Waals surface area contributed by atoms with Crippen LogP contribution in [0.1, 0.15) is 43.5 Å². The number of anilines is 1. The predicted molar refractivity (Wildman–Crippen MR) is 112 cm³/mol. The zero-order chi connectivity index (χ0) is 18.7. The Morgan fingerprint density at radius 2 is 1.88 bits per heavy atom. The minimum atomic E-state index is -0.353. The molecule has 2 atom stereocenters. The molecule has 3 rings (SSSR count). The Kier molecular flexibility index (Phi) is 5.94. The highest BCUT2D eigenvalue weighted by molar-refractivity contribution is 7.80. The summed E-state index contributed by atoms with van der Waals surface area (Å²) in [7, 11) is 1.40. The second kappa shape index (κ2) is 8.18. The zero-order valence-electron chi connectivity index (χ0n) is 15.3. The van der Waals surface area contributed by atoms with E-state index in [-0.39, 0.29) is 5.97 Å². The first-order valence-corrected chi connectivity index (χ1v) is 10.1. The van der Waals surface area contributed by atoms with Crippen LogP contribution in [0.15, 0.2) is 36.4 Å². The second-order valence-electron chi connectivity index (χ2n) is 6.68. The molecule has 0 bridgehead atoms. The first kappa shape index (κ1) is 18.9. The van der Waals surface area contributed by atoms with Crippen molar-refractivity contribution in [2.75, 3.05) is 12.4 Å². The highest BCUT2D eigenvalue weighted by Crippen LogP contribution is 2.36. The van der Waals surface area contributed by atoms with Crippen molar-refractivity contribution in [1.82, 2.24) is 4.90 Å². The van der Waals surface area contributed by atoms with Crippen LogP contribution in [0.2, 0.25) is 0 Å². The first-order valence-electron chi connectivity index (χ1n) is 8.88. The quantitative estimate of drug-likeness (QED) is 0.581. The maximum absolute atomic E-state index is 12.3. The summed E-state index contributed by atoms with van der Waals surface area (Å²) in [4.78, 5) is 15.5. The molecule has 138 valence electrons. The third-order valence-corrected chi connectivity index (χ3v) is 6.26. The standard InChI is InChI=1S/C20H24N2O2S2/c1-13-8-7-9-14(2)22(13)20(25)21-18-16(19(23)24-3)12-17(26-18)15-10-5-4-6-11-15/h4-6,10-14H,7-9H2,1-3H3,(H,21,25)/t13-,14-/m0/s1. The molecule has 1 aromatic carbocycles. The first-order chi connectivity index (χ1) is 12.5. The third kappa shape index (κ3) is 3.91. The molecule has 1 N–H and O–H groups in total. The van der Waals surface area contributed by atoms with E-state index in [1.807, 2.05) is 36.4 Å². The summed E-state index contributed by atoms with van der Waals surface area (Å²) >= 11 is 7.21. The van der Waals surface area contributed by atoms with Crippen molar-refractivity contribution in [3.63, 3.8) is 0 Å². The molecule has 1 fully saturated rings. The van der Waals surface area contributed by atoms with Crippen LogP contribution in [0.4, 0.5) is 5.00 Å². The van der Waals surface area contributed by atoms with Crippen LogP contribution in [-0.4, -0.2) is 35.2 Å². The van der Waals surface area contributed by atoms with Gasteiger partial charge in [-0.1, -0.05) is 30.3 Å². The number of esters is 1. The summed E-state index contributed by atoms with van der Waals surface area (Å²) in [5.74, 6) is -0.353. The molecule has 0 aliphatic carbocycles. The molecule has 0 radical (unpaired) electrons. The number of hydrogen-bond acceptors (Lipinski definition) is 4. The average molecular weight is 389 g/mol. The maximum Gasteiger partial charge on any atom is 0.340 e. The number of ether oxygens (including phenoxy) is 1. The van der Waals surface area contributed by atoms with Gasteiger partial charge in [-0.3, -0.25) is 0 Å². The van der Waals surface area contributed by atoms with E-state index in [2.05, 4.69) is 24.1 Å². The van der Waals surface area contributed by atoms with Crippen molar-refractivity contribution in [3.05, 3.63) is 42.0 Å². The number of thiocarbonyl (C=S) groups is 1. The smallest absolute Gasteiger partial charge is 0.340 e. The predicted octanol–water partition coefficient (Wildman–Crippen LogP) is 5.16. The Morgan fingerprint density at radius 3 is 2.50 bits per heavy atom. The zero-order valence-corrected chi connectivity index (χ0v) is 17.0. The Bertz CT molecular complexity index is 778. The van der Waals surface area contributed by atoms with E-state index in [0.29, 0.717) is 22.8 Å². The van der Waals surface area contributed by atoms with Gasteiger partial charge in [0, 0.05) is 17.0 Å². The Balaban J connectivity index is 1.89. The van der Waals surface area contributed by atoms with Gasteiger partial charge in [0.1, 0.15) is 5.00 Å². The molecule has 0 saturated carbocycles. The number of thiophene rings is 1. The molecule has 1 saturated heterocycles. The van der Waals surface area contributed by atoms with Crippen LogP contribution in [0.25, 0.3) is 10.4 Å². The lowest BCUT2D eigenvalue weighted by atomic mass is 9.98. The van der Waals surface area contributed by atoms with Gasteiger partial charge in [0.15, 0.2) is 5.11 Å². The minimum absolute atomic E-state index is 0.353. The number of methoxy groups -OCH3 is 1. The molecule has 4 nitrogen and oxygen atoms in total. The third-order valence-electron chi connectivity index (χ3n) is 4.84. The van der Waals surface area contributed by atoms with E-state index in [0.717, 1.165) is 28.3 Å². The molecule has 0 unspecified atom stereocenters. The number of carbonyl (C=O) groups is 1. The summed E-state index contributed by atoms with van der Waals surface area (Å²) in [6, 6.07) is 12.7. The van der Waals surface area contributed by atoms with E-state index in [1.165, 1.54) is 24.9 Å². The molecule has 2 heterocycles. The van der Waals surface area contributed by atoms with Gasteiger partial charge in [-0.25, -0.2) is 4.79 Å². The molecular weight excluding hydrogens is 364 g/mol. The summed E-state index contributed by atoms with van der Waals surface area (Å²) < 4.78 is 4.97. The van der Waals surface area contributed by atoms with Crippen LogP contribution in [0.3, 0.4) is 0 Å². The summed E-state index contributed by atoms with van der Waals surface area (Å²) in [5.41, 5.74) is 1.59. The highest BCUT2D eigenvalue weighted by Gasteiger charge is 2.28. The van der Waals surface area contributed by atoms with E-state index in [9.17, 15) is 4.79 Å². The Hall–Kier alpha value is -1.92. The van der Waals surface area contributed by atoms with Crippen LogP contribution >= 0.6 is 23.6 Å². The van der Waals surface area contributed by atoms with Crippen molar-refractivity contribution < 1.29 is 9.53 Å². The number of benzene rings is 1. The van der Waals surface area contributed by atoms with Crippen molar-refractivity contribution in [3.8, 4) is 10.4 Å². The van der Waals surface area contributed by atoms with Gasteiger partial charge < -0.3 is 15.0 Å². The largest absolute Gasteiger partial charge is 0.465 e. The van der Waals surface area contributed by atoms with Gasteiger partial charge in [0.2, 0.25) is 0 Å². The number of carbonyl (C=O) groups excluding carboxylic acids is 1. The molecule has 0 spiro atoms. The van der Waals surface area contributed by atoms with Gasteiger partial charge in [0.25, 0.3) is 0 Å². The van der Waals surface area contributed by atoms with Gasteiger partial charge in [-0.05, 0) is 57.0 Å². The molecular formula is C20H24N2O2S2. The summed E-state index contributed by atoms with van der Waals surface area (Å²) in [6.45, 7) is 4.41. The Morgan fingerprint density at radius 1 is 1.23 bits per heavy atom. The molecule has 26 heavy (non-hydrogen) atoms. The summed E-state index contributed by atoms with van der Waals surface area (Å²) in [6.07, 6.45) is 3.50.